The van der Waals surface area contributed by atoms with Crippen molar-refractivity contribution < 1.29 is 22.8 Å². The van der Waals surface area contributed by atoms with E-state index >= 15 is 0 Å². The monoisotopic (exact) mass is 313 g/mol. The lowest BCUT2D eigenvalue weighted by atomic mass is 10.3. The summed E-state index contributed by atoms with van der Waals surface area (Å²) in [7, 11) is -4.07. The zero-order valence-corrected chi connectivity index (χ0v) is 11.0. The molecule has 2 aromatic rings. The second-order valence-corrected chi connectivity index (χ2v) is 5.56. The molecule has 0 fully saturated rings. The molecule has 1 aromatic carbocycles. The second-order valence-electron chi connectivity index (χ2n) is 3.88. The Hall–Kier alpha value is -2.75. The van der Waals surface area contributed by atoms with Crippen LogP contribution in [0, 0.1) is 15.9 Å². The molecule has 10 heteroatoms. The average Bonchev–Trinajstić information content (AvgIpc) is 2.43. The number of nitrogens with zero attached hydrogens (tertiary/aromatic N) is 2. The van der Waals surface area contributed by atoms with Gasteiger partial charge >= 0.3 is 5.82 Å². The Kier molecular flexibility index (Phi) is 3.72. The molecule has 1 heterocycles. The number of nitrogens with one attached hydrogen (secondary N) is 1. The van der Waals surface area contributed by atoms with Gasteiger partial charge in [-0.3, -0.25) is 4.72 Å². The van der Waals surface area contributed by atoms with Gasteiger partial charge < -0.3 is 15.2 Å². The van der Waals surface area contributed by atoms with Gasteiger partial charge in [0, 0.05) is 12.1 Å². The van der Waals surface area contributed by atoms with Crippen LogP contribution in [0.3, 0.4) is 0 Å². The minimum absolute atomic E-state index is 0.108. The van der Waals surface area contributed by atoms with Crippen molar-refractivity contribution in [1.29, 1.82) is 0 Å². The second kappa shape index (κ2) is 5.32. The van der Waals surface area contributed by atoms with Crippen LogP contribution in [0.1, 0.15) is 0 Å². The lowest BCUT2D eigenvalue weighted by Crippen LogP contribution is -2.13. The summed E-state index contributed by atoms with van der Waals surface area (Å²) in [5, 5.41) is 19.5. The van der Waals surface area contributed by atoms with Crippen molar-refractivity contribution in [3.63, 3.8) is 0 Å². The highest BCUT2D eigenvalue weighted by Gasteiger charge is 2.18. The first-order valence-electron chi connectivity index (χ1n) is 5.41. The van der Waals surface area contributed by atoms with Gasteiger partial charge in [0.15, 0.2) is 17.8 Å². The van der Waals surface area contributed by atoms with Crippen LogP contribution in [-0.4, -0.2) is 23.4 Å². The third kappa shape index (κ3) is 3.23. The zero-order chi connectivity index (χ0) is 15.6. The summed E-state index contributed by atoms with van der Waals surface area (Å²) >= 11 is 0. The van der Waals surface area contributed by atoms with Gasteiger partial charge in [0.1, 0.15) is 4.90 Å². The molecule has 21 heavy (non-hydrogen) atoms. The first kappa shape index (κ1) is 14.7. The molecule has 0 radical (unpaired) electrons. The minimum atomic E-state index is -4.07. The number of benzene rings is 1. The highest BCUT2D eigenvalue weighted by Crippen LogP contribution is 2.22. The summed E-state index contributed by atoms with van der Waals surface area (Å²) in [5.41, 5.74) is -0.108. The van der Waals surface area contributed by atoms with Gasteiger partial charge in [0.25, 0.3) is 10.0 Å². The van der Waals surface area contributed by atoms with E-state index in [0.29, 0.717) is 0 Å². The number of aromatic hydroxyl groups is 1. The molecule has 0 unspecified atom stereocenters. The third-order valence-corrected chi connectivity index (χ3v) is 3.78. The molecule has 0 aliphatic heterocycles. The van der Waals surface area contributed by atoms with Crippen LogP contribution in [0.4, 0.5) is 15.9 Å². The number of hydrogen-bond acceptors (Lipinski definition) is 6. The van der Waals surface area contributed by atoms with Gasteiger partial charge in [-0.1, -0.05) is 0 Å². The van der Waals surface area contributed by atoms with Crippen LogP contribution >= 0.6 is 0 Å². The van der Waals surface area contributed by atoms with Crippen molar-refractivity contribution in [2.24, 2.45) is 0 Å². The van der Waals surface area contributed by atoms with Gasteiger partial charge in [-0.25, -0.2) is 12.8 Å². The van der Waals surface area contributed by atoms with Gasteiger partial charge in [0.2, 0.25) is 0 Å². The summed E-state index contributed by atoms with van der Waals surface area (Å²) in [5.74, 6) is -2.10. The Bertz CT molecular complexity index is 792. The Labute approximate surface area is 118 Å². The highest BCUT2D eigenvalue weighted by atomic mass is 32.2. The van der Waals surface area contributed by atoms with Gasteiger partial charge in [-0.15, -0.1) is 0 Å². The molecule has 1 aromatic heterocycles. The van der Waals surface area contributed by atoms with Crippen molar-refractivity contribution in [3.8, 4) is 5.75 Å². The molecule has 0 bridgehead atoms. The lowest BCUT2D eigenvalue weighted by molar-refractivity contribution is -0.389. The number of sulfonamides is 1. The zero-order valence-electron chi connectivity index (χ0n) is 10.2. The molecule has 8 nitrogen and oxygen atoms in total. The van der Waals surface area contributed by atoms with Gasteiger partial charge in [-0.2, -0.15) is 0 Å². The maximum absolute atomic E-state index is 13.1. The molecule has 0 saturated heterocycles. The smallest absolute Gasteiger partial charge is 0.363 e. The Morgan fingerprint density at radius 3 is 2.52 bits per heavy atom. The fourth-order valence-corrected chi connectivity index (χ4v) is 2.42. The number of phenolic OH excluding ortho intramolecular Hbond substituents is 1. The summed E-state index contributed by atoms with van der Waals surface area (Å²) in [6.07, 6.45) is 0.817. The predicted octanol–water partition coefficient (Wildman–Crippen LogP) is 1.64. The van der Waals surface area contributed by atoms with E-state index in [1.807, 2.05) is 0 Å². The van der Waals surface area contributed by atoms with Crippen LogP contribution in [0.5, 0.6) is 5.75 Å². The third-order valence-electron chi connectivity index (χ3n) is 2.42. The van der Waals surface area contributed by atoms with E-state index < -0.39 is 32.3 Å². The molecule has 110 valence electrons. The number of halogens is 1. The van der Waals surface area contributed by atoms with E-state index in [9.17, 15) is 22.9 Å². The van der Waals surface area contributed by atoms with Crippen LogP contribution in [0.2, 0.25) is 0 Å². The molecule has 0 amide bonds. The van der Waals surface area contributed by atoms with Crippen molar-refractivity contribution >= 4 is 21.5 Å². The van der Waals surface area contributed by atoms with Crippen molar-refractivity contribution in [3.05, 3.63) is 52.5 Å². The molecular weight excluding hydrogens is 305 g/mol. The molecule has 2 N–H and O–H groups in total. The van der Waals surface area contributed by atoms with E-state index in [0.717, 1.165) is 36.5 Å². The largest absolute Gasteiger partial charge is 0.505 e. The normalized spacial score (nSPS) is 11.1. The summed E-state index contributed by atoms with van der Waals surface area (Å²) in [6.45, 7) is 0. The quantitative estimate of drug-likeness (QED) is 0.502. The van der Waals surface area contributed by atoms with Crippen LogP contribution in [0.25, 0.3) is 0 Å². The summed E-state index contributed by atoms with van der Waals surface area (Å²) < 4.78 is 39.1. The number of hydrogen-bond donors (Lipinski definition) is 2. The average molecular weight is 313 g/mol. The van der Waals surface area contributed by atoms with Crippen molar-refractivity contribution in [2.45, 2.75) is 4.90 Å². The van der Waals surface area contributed by atoms with E-state index in [1.54, 1.807) is 0 Å². The number of phenols is 1. The number of pyridine rings is 1. The molecule has 2 rings (SSSR count). The van der Waals surface area contributed by atoms with Crippen LogP contribution in [-0.2, 0) is 10.0 Å². The highest BCUT2D eigenvalue weighted by molar-refractivity contribution is 7.92. The number of rotatable bonds is 4. The maximum atomic E-state index is 13.1. The summed E-state index contributed by atoms with van der Waals surface area (Å²) in [4.78, 5) is 12.7. The first-order valence-corrected chi connectivity index (χ1v) is 6.90. The number of aromatic nitrogens is 1. The topological polar surface area (TPSA) is 122 Å². The SMILES string of the molecule is O=[N+]([O-])c1ccc(S(=O)(=O)Nc2ccc(O)c(F)c2)cn1. The van der Waals surface area contributed by atoms with E-state index in [4.69, 9.17) is 5.11 Å². The number of anilines is 1. The van der Waals surface area contributed by atoms with Crippen molar-refractivity contribution in [1.82, 2.24) is 4.98 Å². The Balaban J connectivity index is 2.29. The standard InChI is InChI=1S/C11H8FN3O5S/c12-9-5-7(1-3-10(9)16)14-21(19,20)8-2-4-11(13-6-8)15(17)18/h1-6,14,16H. The molecule has 0 spiro atoms. The van der Waals surface area contributed by atoms with Crippen LogP contribution in [0.15, 0.2) is 41.4 Å². The molecule has 0 aliphatic rings. The predicted molar refractivity (Wildman–Crippen MR) is 69.8 cm³/mol. The lowest BCUT2D eigenvalue weighted by Gasteiger charge is -2.07. The van der Waals surface area contributed by atoms with E-state index in [2.05, 4.69) is 9.71 Å². The first-order chi connectivity index (χ1) is 9.79. The molecule has 0 saturated carbocycles. The molecular formula is C11H8FN3O5S. The Morgan fingerprint density at radius 2 is 2.00 bits per heavy atom. The van der Waals surface area contributed by atoms with E-state index in [1.165, 1.54) is 0 Å². The maximum Gasteiger partial charge on any atom is 0.363 e. The van der Waals surface area contributed by atoms with Crippen molar-refractivity contribution in [2.75, 3.05) is 4.72 Å². The Morgan fingerprint density at radius 1 is 1.29 bits per heavy atom. The molecule has 0 atom stereocenters. The molecule has 0 aliphatic carbocycles. The van der Waals surface area contributed by atoms with Gasteiger partial charge in [-0.05, 0) is 28.1 Å². The minimum Gasteiger partial charge on any atom is -0.505 e. The van der Waals surface area contributed by atoms with Gasteiger partial charge in [0.05, 0.1) is 5.69 Å². The number of nitro groups is 1. The van der Waals surface area contributed by atoms with Crippen LogP contribution < -0.4 is 4.72 Å². The van der Waals surface area contributed by atoms with E-state index in [-0.39, 0.29) is 10.6 Å². The fraction of sp³-hybridized carbons (Fsp3) is 0. The fourth-order valence-electron chi connectivity index (χ4n) is 1.42. The summed E-state index contributed by atoms with van der Waals surface area (Å²) in [6, 6.07) is 4.89.